The molecule has 1 aliphatic rings. The summed E-state index contributed by atoms with van der Waals surface area (Å²) in [6.07, 6.45) is 0.437. The Hall–Kier alpha value is -2.17. The van der Waals surface area contributed by atoms with Crippen LogP contribution in [0.25, 0.3) is 0 Å². The quantitative estimate of drug-likeness (QED) is 0.827. The topological polar surface area (TPSA) is 59.2 Å². The lowest BCUT2D eigenvalue weighted by Gasteiger charge is -2.16. The molecule has 2 heterocycles. The molecule has 0 bridgehead atoms. The van der Waals surface area contributed by atoms with Crippen molar-refractivity contribution in [3.63, 3.8) is 0 Å². The summed E-state index contributed by atoms with van der Waals surface area (Å²) in [5.41, 5.74) is 2.11. The van der Waals surface area contributed by atoms with Crippen LogP contribution in [0, 0.1) is 13.8 Å². The third-order valence-electron chi connectivity index (χ3n) is 3.38. The van der Waals surface area contributed by atoms with Gasteiger partial charge in [0.05, 0.1) is 0 Å². The number of aryl methyl sites for hydroxylation is 2. The Morgan fingerprint density at radius 1 is 1.26 bits per heavy atom. The van der Waals surface area contributed by atoms with Crippen molar-refractivity contribution in [1.29, 1.82) is 0 Å². The number of carbonyl (C=O) groups is 1. The number of aromatic nitrogens is 2. The second kappa shape index (κ2) is 4.50. The second-order valence-corrected chi connectivity index (χ2v) is 4.91. The molecular weight excluding hydrogens is 242 g/mol. The van der Waals surface area contributed by atoms with E-state index in [1.165, 1.54) is 5.56 Å². The number of amides is 1. The molecule has 19 heavy (non-hydrogen) atoms. The van der Waals surface area contributed by atoms with Crippen molar-refractivity contribution in [3.05, 3.63) is 41.5 Å². The van der Waals surface area contributed by atoms with Gasteiger partial charge in [0.15, 0.2) is 5.82 Å². The van der Waals surface area contributed by atoms with Gasteiger partial charge in [-0.1, -0.05) is 22.9 Å². The standard InChI is InChI=1S/C14H15N3O2/c1-9-3-5-12(6-4-9)17-8-11(7-13(17)18)14-15-10(2)19-16-14/h3-6,11H,7-8H2,1-2H3. The minimum absolute atomic E-state index is 0.0197. The van der Waals surface area contributed by atoms with Crippen LogP contribution in [-0.2, 0) is 4.79 Å². The van der Waals surface area contributed by atoms with E-state index in [-0.39, 0.29) is 11.8 Å². The Morgan fingerprint density at radius 3 is 2.63 bits per heavy atom. The fourth-order valence-corrected chi connectivity index (χ4v) is 2.34. The molecule has 1 unspecified atom stereocenters. The van der Waals surface area contributed by atoms with Crippen molar-refractivity contribution in [2.45, 2.75) is 26.2 Å². The Kier molecular flexibility index (Phi) is 2.81. The summed E-state index contributed by atoms with van der Waals surface area (Å²) in [6, 6.07) is 7.96. The van der Waals surface area contributed by atoms with Gasteiger partial charge in [0.25, 0.3) is 0 Å². The van der Waals surface area contributed by atoms with Gasteiger partial charge in [0, 0.05) is 31.5 Å². The maximum Gasteiger partial charge on any atom is 0.227 e. The first kappa shape index (κ1) is 11.9. The van der Waals surface area contributed by atoms with Crippen molar-refractivity contribution in [3.8, 4) is 0 Å². The number of anilines is 1. The SMILES string of the molecule is Cc1ccc(N2CC(c3noc(C)n3)CC2=O)cc1. The Balaban J connectivity index is 1.82. The van der Waals surface area contributed by atoms with E-state index in [9.17, 15) is 4.79 Å². The van der Waals surface area contributed by atoms with E-state index in [2.05, 4.69) is 10.1 Å². The molecule has 1 aliphatic heterocycles. The Bertz CT molecular complexity index is 603. The van der Waals surface area contributed by atoms with Gasteiger partial charge in [0.2, 0.25) is 11.8 Å². The molecule has 1 saturated heterocycles. The summed E-state index contributed by atoms with van der Waals surface area (Å²) in [5.74, 6) is 1.29. The maximum atomic E-state index is 12.1. The zero-order valence-electron chi connectivity index (χ0n) is 11.0. The van der Waals surface area contributed by atoms with Crippen molar-refractivity contribution in [1.82, 2.24) is 10.1 Å². The van der Waals surface area contributed by atoms with Crippen molar-refractivity contribution in [2.75, 3.05) is 11.4 Å². The average Bonchev–Trinajstić information content (AvgIpc) is 2.97. The van der Waals surface area contributed by atoms with Gasteiger partial charge < -0.3 is 9.42 Å². The highest BCUT2D eigenvalue weighted by Gasteiger charge is 2.34. The molecule has 1 aromatic carbocycles. The molecule has 1 atom stereocenters. The normalized spacial score (nSPS) is 19.2. The van der Waals surface area contributed by atoms with Crippen LogP contribution in [0.5, 0.6) is 0 Å². The third-order valence-corrected chi connectivity index (χ3v) is 3.38. The Morgan fingerprint density at radius 2 is 2.00 bits per heavy atom. The zero-order chi connectivity index (χ0) is 13.4. The number of benzene rings is 1. The van der Waals surface area contributed by atoms with Crippen LogP contribution in [0.2, 0.25) is 0 Å². The molecule has 98 valence electrons. The lowest BCUT2D eigenvalue weighted by molar-refractivity contribution is -0.117. The molecule has 0 aliphatic carbocycles. The van der Waals surface area contributed by atoms with Crippen LogP contribution in [-0.4, -0.2) is 22.6 Å². The number of hydrogen-bond acceptors (Lipinski definition) is 4. The predicted molar refractivity (Wildman–Crippen MR) is 69.9 cm³/mol. The highest BCUT2D eigenvalue weighted by Crippen LogP contribution is 2.30. The van der Waals surface area contributed by atoms with E-state index in [0.717, 1.165) is 5.69 Å². The summed E-state index contributed by atoms with van der Waals surface area (Å²) in [4.78, 5) is 18.1. The van der Waals surface area contributed by atoms with Crippen LogP contribution < -0.4 is 4.90 Å². The highest BCUT2D eigenvalue weighted by molar-refractivity contribution is 5.96. The van der Waals surface area contributed by atoms with Gasteiger partial charge in [-0.2, -0.15) is 4.98 Å². The monoisotopic (exact) mass is 257 g/mol. The first-order chi connectivity index (χ1) is 9.13. The van der Waals surface area contributed by atoms with Gasteiger partial charge in [0.1, 0.15) is 0 Å². The summed E-state index contributed by atoms with van der Waals surface area (Å²) < 4.78 is 4.98. The van der Waals surface area contributed by atoms with Crippen LogP contribution in [0.4, 0.5) is 5.69 Å². The smallest absolute Gasteiger partial charge is 0.227 e. The van der Waals surface area contributed by atoms with Crippen molar-refractivity contribution in [2.24, 2.45) is 0 Å². The molecule has 5 nitrogen and oxygen atoms in total. The molecule has 0 spiro atoms. The van der Waals surface area contributed by atoms with E-state index >= 15 is 0 Å². The van der Waals surface area contributed by atoms with Crippen molar-refractivity contribution >= 4 is 11.6 Å². The van der Waals surface area contributed by atoms with E-state index in [0.29, 0.717) is 24.7 Å². The van der Waals surface area contributed by atoms with Gasteiger partial charge in [-0.25, -0.2) is 0 Å². The predicted octanol–water partition coefficient (Wildman–Crippen LogP) is 2.21. The lowest BCUT2D eigenvalue weighted by atomic mass is 10.1. The number of rotatable bonds is 2. The molecular formula is C14H15N3O2. The number of hydrogen-bond donors (Lipinski definition) is 0. The van der Waals surface area contributed by atoms with Crippen LogP contribution in [0.1, 0.15) is 29.6 Å². The van der Waals surface area contributed by atoms with Gasteiger partial charge >= 0.3 is 0 Å². The molecule has 1 aromatic heterocycles. The van der Waals surface area contributed by atoms with E-state index in [4.69, 9.17) is 4.52 Å². The third kappa shape index (κ3) is 2.23. The van der Waals surface area contributed by atoms with Crippen molar-refractivity contribution < 1.29 is 9.32 Å². The summed E-state index contributed by atoms with van der Waals surface area (Å²) in [5, 5.41) is 3.91. The molecule has 0 N–H and O–H groups in total. The fraction of sp³-hybridized carbons (Fsp3) is 0.357. The number of nitrogens with zero attached hydrogens (tertiary/aromatic N) is 3. The molecule has 3 rings (SSSR count). The minimum Gasteiger partial charge on any atom is -0.340 e. The van der Waals surface area contributed by atoms with Gasteiger partial charge in [-0.3, -0.25) is 4.79 Å². The minimum atomic E-state index is 0.0197. The van der Waals surface area contributed by atoms with Gasteiger partial charge in [-0.05, 0) is 19.1 Å². The highest BCUT2D eigenvalue weighted by atomic mass is 16.5. The zero-order valence-corrected chi connectivity index (χ0v) is 11.0. The summed E-state index contributed by atoms with van der Waals surface area (Å²) in [7, 11) is 0. The molecule has 0 saturated carbocycles. The maximum absolute atomic E-state index is 12.1. The first-order valence-corrected chi connectivity index (χ1v) is 6.31. The van der Waals surface area contributed by atoms with Gasteiger partial charge in [-0.15, -0.1) is 0 Å². The molecule has 2 aromatic rings. The first-order valence-electron chi connectivity index (χ1n) is 6.31. The second-order valence-electron chi connectivity index (χ2n) is 4.91. The average molecular weight is 257 g/mol. The van der Waals surface area contributed by atoms with E-state index in [1.807, 2.05) is 31.2 Å². The summed E-state index contributed by atoms with van der Waals surface area (Å²) >= 11 is 0. The molecule has 0 radical (unpaired) electrons. The van der Waals surface area contributed by atoms with E-state index < -0.39 is 0 Å². The van der Waals surface area contributed by atoms with Crippen LogP contribution >= 0.6 is 0 Å². The fourth-order valence-electron chi connectivity index (χ4n) is 2.34. The van der Waals surface area contributed by atoms with Crippen LogP contribution in [0.3, 0.4) is 0 Å². The summed E-state index contributed by atoms with van der Waals surface area (Å²) in [6.45, 7) is 4.40. The largest absolute Gasteiger partial charge is 0.340 e. The molecule has 5 heteroatoms. The Labute approximate surface area is 111 Å². The van der Waals surface area contributed by atoms with Crippen LogP contribution in [0.15, 0.2) is 28.8 Å². The molecule has 1 fully saturated rings. The lowest BCUT2D eigenvalue weighted by Crippen LogP contribution is -2.24. The molecule has 1 amide bonds. The number of carbonyl (C=O) groups excluding carboxylic acids is 1. The van der Waals surface area contributed by atoms with E-state index in [1.54, 1.807) is 11.8 Å².